The summed E-state index contributed by atoms with van der Waals surface area (Å²) in [5, 5.41) is 0. The summed E-state index contributed by atoms with van der Waals surface area (Å²) in [6.07, 6.45) is 9.01. The summed E-state index contributed by atoms with van der Waals surface area (Å²) in [6.45, 7) is 0.921. The van der Waals surface area contributed by atoms with Crippen LogP contribution >= 0.6 is 0 Å². The fourth-order valence-electron chi connectivity index (χ4n) is 4.40. The highest BCUT2D eigenvalue weighted by molar-refractivity contribution is 5.31. The average molecular weight is 324 g/mol. The summed E-state index contributed by atoms with van der Waals surface area (Å²) in [7, 11) is 0. The number of hydrogen-bond acceptors (Lipinski definition) is 1. The number of fused-ring (bicyclic) bond motifs is 1. The molecular weight excluding hydrogens is 301 g/mol. The minimum atomic E-state index is -2.99. The number of alkyl halides is 2. The molecule has 2 aliphatic carbocycles. The zero-order valence-corrected chi connectivity index (χ0v) is 13.2. The number of ether oxygens (including phenoxy) is 1. The quantitative estimate of drug-likeness (QED) is 0.625. The molecule has 23 heavy (non-hydrogen) atoms. The van der Waals surface area contributed by atoms with Gasteiger partial charge < -0.3 is 4.74 Å². The highest BCUT2D eigenvalue weighted by Crippen LogP contribution is 2.48. The van der Waals surface area contributed by atoms with Gasteiger partial charge in [-0.15, -0.1) is 6.58 Å². The van der Waals surface area contributed by atoms with Gasteiger partial charge in [0.1, 0.15) is 0 Å². The molecule has 0 saturated heterocycles. The van der Waals surface area contributed by atoms with Crippen molar-refractivity contribution in [3.8, 4) is 5.75 Å². The highest BCUT2D eigenvalue weighted by atomic mass is 19.3. The summed E-state index contributed by atoms with van der Waals surface area (Å²) >= 11 is 0. The largest absolute Gasteiger partial charge is 0.432 e. The second-order valence-corrected chi connectivity index (χ2v) is 6.91. The lowest BCUT2D eigenvalue weighted by molar-refractivity contribution is -0.0522. The lowest BCUT2D eigenvalue weighted by atomic mass is 9.64. The molecule has 3 rings (SSSR count). The molecule has 1 unspecified atom stereocenters. The Balaban J connectivity index is 1.67. The normalized spacial score (nSPS) is 30.8. The Hall–Kier alpha value is -1.45. The summed E-state index contributed by atoms with van der Waals surface area (Å²) in [5.74, 6) is 1.37. The van der Waals surface area contributed by atoms with Crippen molar-refractivity contribution >= 4 is 0 Å². The predicted octanol–water partition coefficient (Wildman–Crippen LogP) is 5.91. The molecule has 126 valence electrons. The molecule has 2 aliphatic rings. The van der Waals surface area contributed by atoms with Crippen molar-refractivity contribution in [2.75, 3.05) is 0 Å². The van der Waals surface area contributed by atoms with E-state index in [0.717, 1.165) is 30.7 Å². The Labute approximate surface area is 135 Å². The van der Waals surface area contributed by atoms with Crippen LogP contribution in [0.25, 0.3) is 0 Å². The van der Waals surface area contributed by atoms with Crippen LogP contribution in [-0.2, 0) is 0 Å². The number of rotatable bonds is 4. The third kappa shape index (κ3) is 3.73. The molecule has 1 aromatic carbocycles. The lowest BCUT2D eigenvalue weighted by Crippen LogP contribution is -2.30. The second kappa shape index (κ2) is 6.98. The van der Waals surface area contributed by atoms with Crippen LogP contribution in [0.2, 0.25) is 0 Å². The monoisotopic (exact) mass is 324 g/mol. The fourth-order valence-corrected chi connectivity index (χ4v) is 4.40. The van der Waals surface area contributed by atoms with Gasteiger partial charge in [0.05, 0.1) is 0 Å². The van der Waals surface area contributed by atoms with Gasteiger partial charge in [0.2, 0.25) is 0 Å². The predicted molar refractivity (Wildman–Crippen MR) is 84.1 cm³/mol. The van der Waals surface area contributed by atoms with Crippen molar-refractivity contribution in [1.29, 1.82) is 0 Å². The van der Waals surface area contributed by atoms with Crippen LogP contribution < -0.4 is 4.74 Å². The molecule has 0 heterocycles. The summed E-state index contributed by atoms with van der Waals surface area (Å²) < 4.78 is 42.5. The van der Waals surface area contributed by atoms with Gasteiger partial charge in [0, 0.05) is 0 Å². The molecule has 0 spiro atoms. The van der Waals surface area contributed by atoms with Gasteiger partial charge in [-0.1, -0.05) is 12.1 Å². The molecular formula is C19H23F3O. The van der Waals surface area contributed by atoms with Crippen LogP contribution in [0.3, 0.4) is 0 Å². The molecule has 1 nitrogen and oxygen atoms in total. The van der Waals surface area contributed by atoms with Gasteiger partial charge in [-0.3, -0.25) is 0 Å². The van der Waals surface area contributed by atoms with Crippen molar-refractivity contribution in [1.82, 2.24) is 0 Å². The van der Waals surface area contributed by atoms with E-state index in [-0.39, 0.29) is 5.75 Å². The standard InChI is InChI=1S/C19H23F3O/c1-2-12-3-4-14-10-15(6-5-13(14)9-12)16-7-8-18(17(20)11-16)23-19(21)22/h2,7-8,11-15,19H,1,3-6,9-10H2/t12-,13-,14-,15?/m1/s1. The zero-order chi connectivity index (χ0) is 16.4. The van der Waals surface area contributed by atoms with Gasteiger partial charge in [0.25, 0.3) is 0 Å². The van der Waals surface area contributed by atoms with Crippen molar-refractivity contribution in [2.24, 2.45) is 17.8 Å². The minimum Gasteiger partial charge on any atom is -0.432 e. The van der Waals surface area contributed by atoms with Crippen LogP contribution in [0.5, 0.6) is 5.75 Å². The molecule has 0 bridgehead atoms. The van der Waals surface area contributed by atoms with E-state index >= 15 is 0 Å². The Morgan fingerprint density at radius 1 is 1.09 bits per heavy atom. The summed E-state index contributed by atoms with van der Waals surface area (Å²) in [5.41, 5.74) is 0.911. The first-order chi connectivity index (χ1) is 11.1. The Kier molecular flexibility index (Phi) is 4.98. The molecule has 0 N–H and O–H groups in total. The summed E-state index contributed by atoms with van der Waals surface area (Å²) in [6, 6.07) is 4.44. The molecule has 1 aromatic rings. The maximum Gasteiger partial charge on any atom is 0.387 e. The first-order valence-corrected chi connectivity index (χ1v) is 8.43. The van der Waals surface area contributed by atoms with E-state index in [1.165, 1.54) is 31.4 Å². The Bertz CT molecular complexity index is 558. The first-order valence-electron chi connectivity index (χ1n) is 8.43. The maximum absolute atomic E-state index is 13.9. The number of hydrogen-bond donors (Lipinski definition) is 0. The number of halogens is 3. The van der Waals surface area contributed by atoms with E-state index in [0.29, 0.717) is 17.8 Å². The molecule has 0 aromatic heterocycles. The molecule has 0 aliphatic heterocycles. The average Bonchev–Trinajstić information content (AvgIpc) is 2.55. The van der Waals surface area contributed by atoms with E-state index in [9.17, 15) is 13.2 Å². The van der Waals surface area contributed by atoms with Gasteiger partial charge >= 0.3 is 6.61 Å². The van der Waals surface area contributed by atoms with Crippen LogP contribution in [0, 0.1) is 23.6 Å². The molecule has 0 amide bonds. The van der Waals surface area contributed by atoms with Crippen LogP contribution in [-0.4, -0.2) is 6.61 Å². The van der Waals surface area contributed by atoms with Crippen molar-refractivity contribution in [2.45, 2.75) is 51.1 Å². The van der Waals surface area contributed by atoms with E-state index in [1.54, 1.807) is 6.07 Å². The van der Waals surface area contributed by atoms with Crippen LogP contribution in [0.15, 0.2) is 30.9 Å². The fraction of sp³-hybridized carbons (Fsp3) is 0.579. The second-order valence-electron chi connectivity index (χ2n) is 6.91. The molecule has 2 fully saturated rings. The van der Waals surface area contributed by atoms with Crippen molar-refractivity contribution in [3.63, 3.8) is 0 Å². The lowest BCUT2D eigenvalue weighted by Gasteiger charge is -2.41. The van der Waals surface area contributed by atoms with E-state index in [4.69, 9.17) is 0 Å². The summed E-state index contributed by atoms with van der Waals surface area (Å²) in [4.78, 5) is 0. The van der Waals surface area contributed by atoms with Crippen LogP contribution in [0.4, 0.5) is 13.2 Å². The molecule has 2 saturated carbocycles. The van der Waals surface area contributed by atoms with E-state index < -0.39 is 12.4 Å². The molecule has 0 radical (unpaired) electrons. The smallest absolute Gasteiger partial charge is 0.387 e. The molecule has 4 atom stereocenters. The van der Waals surface area contributed by atoms with Gasteiger partial charge in [-0.25, -0.2) is 4.39 Å². The number of benzene rings is 1. The molecule has 4 heteroatoms. The maximum atomic E-state index is 13.9. The zero-order valence-electron chi connectivity index (χ0n) is 13.2. The Morgan fingerprint density at radius 3 is 2.52 bits per heavy atom. The van der Waals surface area contributed by atoms with Crippen LogP contribution in [0.1, 0.15) is 50.0 Å². The third-order valence-electron chi connectivity index (χ3n) is 5.63. The first kappa shape index (κ1) is 16.4. The van der Waals surface area contributed by atoms with E-state index in [2.05, 4.69) is 17.4 Å². The topological polar surface area (TPSA) is 9.23 Å². The Morgan fingerprint density at radius 2 is 1.83 bits per heavy atom. The van der Waals surface area contributed by atoms with Gasteiger partial charge in [-0.05, 0) is 79.9 Å². The third-order valence-corrected chi connectivity index (χ3v) is 5.63. The van der Waals surface area contributed by atoms with Gasteiger partial charge in [0.15, 0.2) is 11.6 Å². The van der Waals surface area contributed by atoms with Gasteiger partial charge in [-0.2, -0.15) is 8.78 Å². The van der Waals surface area contributed by atoms with E-state index in [1.807, 2.05) is 0 Å². The minimum absolute atomic E-state index is 0.326. The van der Waals surface area contributed by atoms with Crippen molar-refractivity contribution < 1.29 is 17.9 Å². The SMILES string of the molecule is C=C[C@@H]1CC[C@@H]2CC(c3ccc(OC(F)F)c(F)c3)CC[C@@H]2C1. The van der Waals surface area contributed by atoms with Crippen molar-refractivity contribution in [3.05, 3.63) is 42.2 Å². The highest BCUT2D eigenvalue weighted by Gasteiger charge is 2.35. The number of allylic oxidation sites excluding steroid dienone is 1.